The molecule has 0 saturated heterocycles. The minimum atomic E-state index is -0.0345. The molecule has 0 bridgehead atoms. The molecular formula is C20H25NO2. The summed E-state index contributed by atoms with van der Waals surface area (Å²) in [6, 6.07) is 16.5. The van der Waals surface area contributed by atoms with Gasteiger partial charge in [0.2, 0.25) is 0 Å². The zero-order valence-corrected chi connectivity index (χ0v) is 14.1. The Balaban J connectivity index is 1.64. The molecule has 1 atom stereocenters. The van der Waals surface area contributed by atoms with E-state index >= 15 is 0 Å². The van der Waals surface area contributed by atoms with E-state index in [0.717, 1.165) is 29.9 Å². The Hall–Kier alpha value is -2.00. The number of ether oxygens (including phenoxy) is 2. The van der Waals surface area contributed by atoms with E-state index in [-0.39, 0.29) is 11.6 Å². The maximum atomic E-state index is 6.05. The first-order chi connectivity index (χ1) is 11.1. The summed E-state index contributed by atoms with van der Waals surface area (Å²) in [7, 11) is 2.02. The van der Waals surface area contributed by atoms with Crippen molar-refractivity contribution in [2.45, 2.75) is 38.3 Å². The number of rotatable bonds is 5. The van der Waals surface area contributed by atoms with Crippen molar-refractivity contribution in [2.75, 3.05) is 13.7 Å². The second-order valence-corrected chi connectivity index (χ2v) is 6.74. The zero-order chi connectivity index (χ0) is 16.3. The summed E-state index contributed by atoms with van der Waals surface area (Å²) in [6.45, 7) is 5.02. The van der Waals surface area contributed by atoms with Crippen molar-refractivity contribution in [3.63, 3.8) is 0 Å². The van der Waals surface area contributed by atoms with Crippen molar-refractivity contribution in [1.82, 2.24) is 5.32 Å². The number of para-hydroxylation sites is 2. The van der Waals surface area contributed by atoms with E-state index in [2.05, 4.69) is 43.4 Å². The lowest BCUT2D eigenvalue weighted by Gasteiger charge is -2.27. The summed E-state index contributed by atoms with van der Waals surface area (Å²) in [5.74, 6) is 1.65. The van der Waals surface area contributed by atoms with Gasteiger partial charge in [-0.25, -0.2) is 0 Å². The summed E-state index contributed by atoms with van der Waals surface area (Å²) in [6.07, 6.45) is 2.14. The fourth-order valence-electron chi connectivity index (χ4n) is 2.66. The van der Waals surface area contributed by atoms with Crippen LogP contribution in [0.25, 0.3) is 0 Å². The van der Waals surface area contributed by atoms with E-state index < -0.39 is 0 Å². The molecule has 122 valence electrons. The molecule has 0 fully saturated rings. The summed E-state index contributed by atoms with van der Waals surface area (Å²) in [5.41, 5.74) is 2.69. The Morgan fingerprint density at radius 1 is 1.04 bits per heavy atom. The van der Waals surface area contributed by atoms with Crippen molar-refractivity contribution in [3.05, 3.63) is 59.7 Å². The van der Waals surface area contributed by atoms with Gasteiger partial charge < -0.3 is 14.8 Å². The predicted octanol–water partition coefficient (Wildman–Crippen LogP) is 4.13. The third-order valence-corrected chi connectivity index (χ3v) is 4.58. The molecule has 3 rings (SSSR count). The van der Waals surface area contributed by atoms with E-state index in [1.807, 2.05) is 31.3 Å². The van der Waals surface area contributed by atoms with Crippen molar-refractivity contribution in [1.29, 1.82) is 0 Å². The van der Waals surface area contributed by atoms with Crippen LogP contribution in [0.2, 0.25) is 0 Å². The zero-order valence-electron chi connectivity index (χ0n) is 14.1. The topological polar surface area (TPSA) is 30.5 Å². The Bertz CT molecular complexity index is 649. The monoisotopic (exact) mass is 311 g/mol. The maximum absolute atomic E-state index is 6.05. The Kier molecular flexibility index (Phi) is 4.58. The van der Waals surface area contributed by atoms with Gasteiger partial charge in [0, 0.05) is 5.54 Å². The van der Waals surface area contributed by atoms with Gasteiger partial charge in [0.05, 0.1) is 0 Å². The van der Waals surface area contributed by atoms with Crippen LogP contribution in [0.4, 0.5) is 0 Å². The highest BCUT2D eigenvalue weighted by Crippen LogP contribution is 2.35. The van der Waals surface area contributed by atoms with Crippen LogP contribution in [0.3, 0.4) is 0 Å². The van der Waals surface area contributed by atoms with Crippen LogP contribution >= 0.6 is 0 Å². The van der Waals surface area contributed by atoms with Gasteiger partial charge in [-0.1, -0.05) is 36.4 Å². The highest BCUT2D eigenvalue weighted by atomic mass is 16.6. The molecule has 0 unspecified atom stereocenters. The van der Waals surface area contributed by atoms with Crippen LogP contribution in [0, 0.1) is 0 Å². The van der Waals surface area contributed by atoms with E-state index in [9.17, 15) is 0 Å². The van der Waals surface area contributed by atoms with E-state index in [0.29, 0.717) is 6.61 Å². The van der Waals surface area contributed by atoms with Gasteiger partial charge in [-0.05, 0) is 57.0 Å². The van der Waals surface area contributed by atoms with E-state index in [4.69, 9.17) is 9.47 Å². The molecule has 0 aromatic heterocycles. The second-order valence-electron chi connectivity index (χ2n) is 6.74. The fourth-order valence-corrected chi connectivity index (χ4v) is 2.66. The molecule has 0 amide bonds. The fraction of sp³-hybridized carbons (Fsp3) is 0.400. The van der Waals surface area contributed by atoms with Crippen LogP contribution in [-0.2, 0) is 6.42 Å². The summed E-state index contributed by atoms with van der Waals surface area (Å²) in [5, 5.41) is 3.35. The molecule has 2 aromatic carbocycles. The number of hydrogen-bond acceptors (Lipinski definition) is 3. The molecule has 2 aromatic rings. The number of hydrogen-bond donors (Lipinski definition) is 1. The molecule has 0 radical (unpaired) electrons. The average Bonchev–Trinajstić information content (AvgIpc) is 2.60. The minimum Gasteiger partial charge on any atom is -0.485 e. The first kappa shape index (κ1) is 15.9. The number of nitrogens with one attached hydrogen (secondary N) is 1. The van der Waals surface area contributed by atoms with Gasteiger partial charge in [-0.3, -0.25) is 0 Å². The molecule has 1 aliphatic rings. The molecule has 0 aliphatic carbocycles. The van der Waals surface area contributed by atoms with Crippen molar-refractivity contribution >= 4 is 0 Å². The first-order valence-electron chi connectivity index (χ1n) is 8.24. The van der Waals surface area contributed by atoms with Crippen LogP contribution < -0.4 is 14.8 Å². The molecule has 1 aliphatic heterocycles. The first-order valence-corrected chi connectivity index (χ1v) is 8.24. The summed E-state index contributed by atoms with van der Waals surface area (Å²) in [4.78, 5) is 0. The van der Waals surface area contributed by atoms with Gasteiger partial charge in [-0.2, -0.15) is 0 Å². The molecule has 0 saturated carbocycles. The van der Waals surface area contributed by atoms with Crippen molar-refractivity contribution in [3.8, 4) is 11.5 Å². The molecular weight excluding hydrogens is 286 g/mol. The molecule has 23 heavy (non-hydrogen) atoms. The summed E-state index contributed by atoms with van der Waals surface area (Å²) >= 11 is 0. The van der Waals surface area contributed by atoms with Gasteiger partial charge >= 0.3 is 0 Å². The van der Waals surface area contributed by atoms with Gasteiger partial charge in [-0.15, -0.1) is 0 Å². The van der Waals surface area contributed by atoms with Crippen molar-refractivity contribution in [2.24, 2.45) is 0 Å². The van der Waals surface area contributed by atoms with E-state index in [1.165, 1.54) is 5.56 Å². The van der Waals surface area contributed by atoms with Crippen molar-refractivity contribution < 1.29 is 9.47 Å². The smallest absolute Gasteiger partial charge is 0.162 e. The minimum absolute atomic E-state index is 0.0345. The highest BCUT2D eigenvalue weighted by molar-refractivity contribution is 5.41. The van der Waals surface area contributed by atoms with Crippen LogP contribution in [0.5, 0.6) is 11.5 Å². The normalized spacial score (nSPS) is 17.1. The summed E-state index contributed by atoms with van der Waals surface area (Å²) < 4.78 is 11.8. The van der Waals surface area contributed by atoms with Gasteiger partial charge in [0.1, 0.15) is 6.61 Å². The molecule has 1 heterocycles. The largest absolute Gasteiger partial charge is 0.485 e. The lowest BCUT2D eigenvalue weighted by atomic mass is 9.95. The maximum Gasteiger partial charge on any atom is 0.162 e. The number of aryl methyl sites for hydroxylation is 1. The average molecular weight is 311 g/mol. The third-order valence-electron chi connectivity index (χ3n) is 4.58. The van der Waals surface area contributed by atoms with Crippen LogP contribution in [-0.4, -0.2) is 19.2 Å². The van der Waals surface area contributed by atoms with Gasteiger partial charge in [0.15, 0.2) is 17.6 Å². The molecule has 3 heteroatoms. The Morgan fingerprint density at radius 2 is 1.74 bits per heavy atom. The number of fused-ring (bicyclic) bond motifs is 1. The lowest BCUT2D eigenvalue weighted by Crippen LogP contribution is -2.36. The Labute approximate surface area is 138 Å². The molecule has 1 N–H and O–H groups in total. The SMILES string of the molecule is CNC(C)(C)CCc1ccc([C@H]2COc3ccccc3O2)cc1. The number of benzene rings is 2. The Morgan fingerprint density at radius 3 is 2.43 bits per heavy atom. The van der Waals surface area contributed by atoms with Gasteiger partial charge in [0.25, 0.3) is 0 Å². The standard InChI is InChI=1S/C20H25NO2/c1-20(2,21-3)13-12-15-8-10-16(11-9-15)19-14-22-17-6-4-5-7-18(17)23-19/h4-11,19,21H,12-14H2,1-3H3/t19-/m1/s1. The second kappa shape index (κ2) is 6.63. The molecule has 3 nitrogen and oxygen atoms in total. The van der Waals surface area contributed by atoms with E-state index in [1.54, 1.807) is 0 Å². The highest BCUT2D eigenvalue weighted by Gasteiger charge is 2.22. The van der Waals surface area contributed by atoms with Crippen LogP contribution in [0.15, 0.2) is 48.5 Å². The quantitative estimate of drug-likeness (QED) is 0.900. The predicted molar refractivity (Wildman–Crippen MR) is 93.2 cm³/mol. The lowest BCUT2D eigenvalue weighted by molar-refractivity contribution is 0.0913. The third kappa shape index (κ3) is 3.85. The molecule has 0 spiro atoms. The van der Waals surface area contributed by atoms with Crippen LogP contribution in [0.1, 0.15) is 37.5 Å².